The van der Waals surface area contributed by atoms with E-state index < -0.39 is 36.3 Å². The van der Waals surface area contributed by atoms with Gasteiger partial charge in [-0.25, -0.2) is 0 Å². The van der Waals surface area contributed by atoms with Gasteiger partial charge in [-0.1, -0.05) is 18.2 Å². The molecule has 0 radical (unpaired) electrons. The van der Waals surface area contributed by atoms with Crippen molar-refractivity contribution in [1.82, 2.24) is 5.32 Å². The van der Waals surface area contributed by atoms with Crippen LogP contribution in [0, 0.1) is 11.8 Å². The second-order valence-electron chi connectivity index (χ2n) is 17.9. The van der Waals surface area contributed by atoms with Crippen molar-refractivity contribution in [3.63, 3.8) is 0 Å². The van der Waals surface area contributed by atoms with Gasteiger partial charge in [0.2, 0.25) is 0 Å². The van der Waals surface area contributed by atoms with Crippen LogP contribution in [0.25, 0.3) is 21.9 Å². The van der Waals surface area contributed by atoms with Gasteiger partial charge < -0.3 is 64.4 Å². The van der Waals surface area contributed by atoms with Crippen molar-refractivity contribution in [2.45, 2.75) is 94.7 Å². The van der Waals surface area contributed by atoms with Crippen LogP contribution in [0.2, 0.25) is 0 Å². The Morgan fingerprint density at radius 1 is 0.788 bits per heavy atom. The van der Waals surface area contributed by atoms with E-state index >= 15 is 0 Å². The van der Waals surface area contributed by atoms with E-state index in [4.69, 9.17) is 28.4 Å². The molecule has 1 aliphatic carbocycles. The Morgan fingerprint density at radius 2 is 1.59 bits per heavy atom. The fourth-order valence-electron chi connectivity index (χ4n) is 10.2. The third kappa shape index (κ3) is 10.6. The standard InChI is InChI=1S/C53H65NO12/c1-54-30-39(18-20-56)65-53-45-29-48(62-22-6-5-19-55)43-27-37(59)15-17-42(43)52(45)66-47(13-8-21-61-2)49(53)46-31-63-51-34(26-40(28-44(51)50(46)60)64-38-11-3-4-12-38)23-33-25-36(58)14-16-41(33)32-9-7-10-35(57)24-32/h7,9-10,14-17,24-29,38-39,46-47,49-50,53-60H,3-6,8,11-13,18-23,30-31H2,1-2H3. The predicted molar refractivity (Wildman–Crippen MR) is 251 cm³/mol. The van der Waals surface area contributed by atoms with Crippen LogP contribution in [0.1, 0.15) is 92.2 Å². The lowest BCUT2D eigenvalue weighted by Gasteiger charge is -2.47. The summed E-state index contributed by atoms with van der Waals surface area (Å²) in [7, 11) is 3.51. The minimum Gasteiger partial charge on any atom is -0.508 e. The molecule has 13 heteroatoms. The molecule has 13 nitrogen and oxygen atoms in total. The number of unbranched alkanes of at least 4 members (excludes halogenated alkanes) is 1. The number of aromatic hydroxyl groups is 3. The van der Waals surface area contributed by atoms with Gasteiger partial charge in [-0.2, -0.15) is 0 Å². The van der Waals surface area contributed by atoms with Crippen molar-refractivity contribution < 1.29 is 59.1 Å². The lowest BCUT2D eigenvalue weighted by molar-refractivity contribution is -0.135. The molecule has 0 spiro atoms. The highest BCUT2D eigenvalue weighted by Crippen LogP contribution is 2.55. The molecule has 0 aromatic heterocycles. The summed E-state index contributed by atoms with van der Waals surface area (Å²) in [6.45, 7) is 1.35. The van der Waals surface area contributed by atoms with Crippen LogP contribution in [0.3, 0.4) is 0 Å². The number of rotatable bonds is 21. The fraction of sp³-hybridized carbons (Fsp3) is 0.472. The van der Waals surface area contributed by atoms with Gasteiger partial charge in [-0.3, -0.25) is 0 Å². The molecular formula is C53H65NO12. The SMILES string of the molecule is CNCC(CCO)OC1c2cc(OCCCCO)c3cc(O)ccc3c2OC(CCCOC)C1C1COc2c(Cc3cc(O)ccc3-c3cccc(O)c3)cc(OC3CCCC3)cc2C1O. The van der Waals surface area contributed by atoms with Gasteiger partial charge in [-0.05, 0) is 142 Å². The van der Waals surface area contributed by atoms with Crippen LogP contribution in [0.15, 0.2) is 78.9 Å². The van der Waals surface area contributed by atoms with Gasteiger partial charge in [0.25, 0.3) is 0 Å². The number of nitrogens with one attached hydrogen (secondary N) is 1. The highest BCUT2D eigenvalue weighted by molar-refractivity contribution is 5.96. The molecule has 3 aliphatic rings. The Hall–Kier alpha value is -5.28. The first-order chi connectivity index (χ1) is 32.2. The molecule has 7 N–H and O–H groups in total. The number of ether oxygens (including phenoxy) is 6. The van der Waals surface area contributed by atoms with Crippen LogP contribution in [0.4, 0.5) is 0 Å². The van der Waals surface area contributed by atoms with E-state index in [1.807, 2.05) is 43.4 Å². The largest absolute Gasteiger partial charge is 0.508 e. The summed E-state index contributed by atoms with van der Waals surface area (Å²) in [5.74, 6) is 1.56. The second kappa shape index (κ2) is 22.0. The number of aliphatic hydroxyl groups excluding tert-OH is 3. The number of phenols is 3. The number of benzene rings is 5. The summed E-state index contributed by atoms with van der Waals surface area (Å²) >= 11 is 0. The summed E-state index contributed by atoms with van der Waals surface area (Å²) < 4.78 is 39.9. The van der Waals surface area contributed by atoms with Gasteiger partial charge in [0, 0.05) is 79.2 Å². The lowest BCUT2D eigenvalue weighted by atomic mass is 9.72. The van der Waals surface area contributed by atoms with Gasteiger partial charge in [0.05, 0.1) is 37.6 Å². The summed E-state index contributed by atoms with van der Waals surface area (Å²) in [5.41, 5.74) is 4.53. The minimum atomic E-state index is -1.06. The number of likely N-dealkylation sites (N-methyl/N-ethyl adjacent to an activating group) is 1. The van der Waals surface area contributed by atoms with Crippen LogP contribution in [-0.4, -0.2) is 103 Å². The van der Waals surface area contributed by atoms with E-state index in [1.54, 1.807) is 49.6 Å². The first-order valence-corrected chi connectivity index (χ1v) is 23.5. The van der Waals surface area contributed by atoms with E-state index in [0.29, 0.717) is 92.2 Å². The Morgan fingerprint density at radius 3 is 2.36 bits per heavy atom. The molecule has 5 aromatic carbocycles. The molecule has 0 amide bonds. The molecule has 354 valence electrons. The van der Waals surface area contributed by atoms with Crippen molar-refractivity contribution in [1.29, 1.82) is 0 Å². The topological polar surface area (TPSA) is 189 Å². The van der Waals surface area contributed by atoms with Crippen molar-refractivity contribution in [3.8, 4) is 51.4 Å². The molecule has 6 unspecified atom stereocenters. The third-order valence-corrected chi connectivity index (χ3v) is 13.3. The summed E-state index contributed by atoms with van der Waals surface area (Å²) in [4.78, 5) is 0. The average Bonchev–Trinajstić information content (AvgIpc) is 3.82. The van der Waals surface area contributed by atoms with Gasteiger partial charge in [0.1, 0.15) is 46.4 Å². The van der Waals surface area contributed by atoms with Crippen LogP contribution in [-0.2, 0) is 15.9 Å². The van der Waals surface area contributed by atoms with Crippen LogP contribution < -0.4 is 24.3 Å². The number of hydrogen-bond acceptors (Lipinski definition) is 13. The van der Waals surface area contributed by atoms with E-state index in [0.717, 1.165) is 58.9 Å². The molecule has 2 aliphatic heterocycles. The molecular weight excluding hydrogens is 843 g/mol. The highest BCUT2D eigenvalue weighted by atomic mass is 16.5. The Kier molecular flexibility index (Phi) is 15.7. The second-order valence-corrected chi connectivity index (χ2v) is 17.9. The van der Waals surface area contributed by atoms with Crippen molar-refractivity contribution in [2.24, 2.45) is 11.8 Å². The normalized spacial score (nSPS) is 20.9. The van der Waals surface area contributed by atoms with Crippen LogP contribution >= 0.6 is 0 Å². The number of methoxy groups -OCH3 is 1. The van der Waals surface area contributed by atoms with Crippen molar-refractivity contribution in [3.05, 3.63) is 101 Å². The maximum atomic E-state index is 13.0. The van der Waals surface area contributed by atoms with Crippen LogP contribution in [0.5, 0.6) is 40.2 Å². The smallest absolute Gasteiger partial charge is 0.133 e. The van der Waals surface area contributed by atoms with Gasteiger partial charge >= 0.3 is 0 Å². The Balaban J connectivity index is 1.25. The molecule has 0 saturated heterocycles. The molecule has 2 heterocycles. The highest BCUT2D eigenvalue weighted by Gasteiger charge is 2.50. The van der Waals surface area contributed by atoms with Gasteiger partial charge in [-0.15, -0.1) is 0 Å². The molecule has 0 bridgehead atoms. The monoisotopic (exact) mass is 907 g/mol. The lowest BCUT2D eigenvalue weighted by Crippen LogP contribution is -2.48. The summed E-state index contributed by atoms with van der Waals surface area (Å²) in [6.07, 6.45) is 4.54. The molecule has 6 atom stereocenters. The quantitative estimate of drug-likeness (QED) is 0.0349. The molecule has 5 aromatic rings. The number of phenolic OH excluding ortho intramolecular Hbond substituents is 3. The van der Waals surface area contributed by atoms with E-state index in [2.05, 4.69) is 5.32 Å². The van der Waals surface area contributed by atoms with Crippen molar-refractivity contribution in [2.75, 3.05) is 53.7 Å². The minimum absolute atomic E-state index is 0.0376. The van der Waals surface area contributed by atoms with E-state index in [9.17, 15) is 30.6 Å². The summed E-state index contributed by atoms with van der Waals surface area (Å²) in [5, 5.41) is 69.3. The number of fused-ring (bicyclic) bond motifs is 4. The fourth-order valence-corrected chi connectivity index (χ4v) is 10.2. The maximum Gasteiger partial charge on any atom is 0.133 e. The molecule has 1 saturated carbocycles. The predicted octanol–water partition coefficient (Wildman–Crippen LogP) is 8.26. The van der Waals surface area contributed by atoms with E-state index in [-0.39, 0.29) is 43.2 Å². The molecule has 8 rings (SSSR count). The van der Waals surface area contributed by atoms with Gasteiger partial charge in [0.15, 0.2) is 0 Å². The number of hydrogen-bond donors (Lipinski definition) is 7. The van der Waals surface area contributed by atoms with E-state index in [1.165, 1.54) is 0 Å². The zero-order valence-electron chi connectivity index (χ0n) is 38.0. The zero-order chi connectivity index (χ0) is 46.2. The third-order valence-electron chi connectivity index (χ3n) is 13.3. The first kappa shape index (κ1) is 47.2. The summed E-state index contributed by atoms with van der Waals surface area (Å²) in [6, 6.07) is 23.2. The Bertz CT molecular complexity index is 2390. The molecule has 66 heavy (non-hydrogen) atoms. The maximum absolute atomic E-state index is 13.0. The van der Waals surface area contributed by atoms with Crippen molar-refractivity contribution >= 4 is 10.8 Å². The first-order valence-electron chi connectivity index (χ1n) is 23.5. The zero-order valence-corrected chi connectivity index (χ0v) is 38.0. The average molecular weight is 908 g/mol. The molecule has 1 fully saturated rings. The number of aliphatic hydroxyl groups is 3. The Labute approximate surface area is 386 Å².